The molecule has 0 radical (unpaired) electrons. The Hall–Kier alpha value is -1.07. The first kappa shape index (κ1) is 19.0. The molecule has 0 heterocycles. The molecule has 0 aliphatic rings. The molecule has 2 rings (SSSR count). The summed E-state index contributed by atoms with van der Waals surface area (Å²) in [5.74, 6) is 0.758. The van der Waals surface area contributed by atoms with Crippen molar-refractivity contribution in [1.82, 2.24) is 5.32 Å². The Morgan fingerprint density at radius 1 is 1.09 bits per heavy atom. The Labute approximate surface area is 146 Å². The van der Waals surface area contributed by atoms with Crippen LogP contribution in [0.25, 0.3) is 0 Å². The predicted molar refractivity (Wildman–Crippen MR) is 88.5 cm³/mol. The molecule has 5 heteroatoms. The van der Waals surface area contributed by atoms with Gasteiger partial charge in [0.2, 0.25) is 0 Å². The second-order valence-corrected chi connectivity index (χ2v) is 5.88. The Kier molecular flexibility index (Phi) is 8.49. The van der Waals surface area contributed by atoms with Gasteiger partial charge in [-0.05, 0) is 36.8 Å². The average molecular weight is 386 g/mol. The third-order valence-corrected chi connectivity index (χ3v) is 3.74. The summed E-state index contributed by atoms with van der Waals surface area (Å²) in [7, 11) is 0. The summed E-state index contributed by atoms with van der Waals surface area (Å²) in [6, 6.07) is 17.9. The first-order valence-corrected chi connectivity index (χ1v) is 7.79. The Balaban J connectivity index is 0.00000242. The smallest absolute Gasteiger partial charge is 0.119 e. The van der Waals surface area contributed by atoms with Gasteiger partial charge in [0.25, 0.3) is 0 Å². The molecule has 2 atom stereocenters. The number of rotatable bonds is 7. The molecular weight excluding hydrogens is 366 g/mol. The highest BCUT2D eigenvalue weighted by molar-refractivity contribution is 9.10. The van der Waals surface area contributed by atoms with Gasteiger partial charge in [-0.2, -0.15) is 0 Å². The van der Waals surface area contributed by atoms with Crippen LogP contribution in [0.5, 0.6) is 5.75 Å². The van der Waals surface area contributed by atoms with Crippen molar-refractivity contribution < 1.29 is 22.3 Å². The molecule has 2 unspecified atom stereocenters. The number of hydrogen-bond acceptors (Lipinski definition) is 3. The quantitative estimate of drug-likeness (QED) is 0.731. The maximum Gasteiger partial charge on any atom is 0.119 e. The number of benzene rings is 2. The fraction of sp³-hybridized carbons (Fsp3) is 0.294. The van der Waals surface area contributed by atoms with Crippen LogP contribution in [0.15, 0.2) is 59.1 Å². The Morgan fingerprint density at radius 3 is 2.36 bits per heavy atom. The Morgan fingerprint density at radius 2 is 1.73 bits per heavy atom. The monoisotopic (exact) mass is 384 g/mol. The van der Waals surface area contributed by atoms with Crippen molar-refractivity contribution in [3.8, 4) is 5.75 Å². The Bertz CT molecular complexity index is 536. The number of aliphatic hydroxyl groups is 1. The highest BCUT2D eigenvalue weighted by Crippen LogP contribution is 2.16. The molecule has 2 aromatic carbocycles. The van der Waals surface area contributed by atoms with E-state index in [9.17, 15) is 5.11 Å². The van der Waals surface area contributed by atoms with E-state index in [4.69, 9.17) is 4.74 Å². The number of nitrogens with one attached hydrogen (secondary N) is 1. The molecule has 0 aliphatic carbocycles. The molecule has 2 N–H and O–H groups in total. The normalized spacial score (nSPS) is 13.0. The molecule has 0 spiro atoms. The van der Waals surface area contributed by atoms with Crippen molar-refractivity contribution in [2.75, 3.05) is 13.2 Å². The molecule has 0 saturated heterocycles. The maximum absolute atomic E-state index is 9.96. The van der Waals surface area contributed by atoms with Gasteiger partial charge in [0.1, 0.15) is 18.5 Å². The van der Waals surface area contributed by atoms with Crippen molar-refractivity contribution >= 4 is 15.9 Å². The van der Waals surface area contributed by atoms with Gasteiger partial charge in [-0.15, -0.1) is 0 Å². The summed E-state index contributed by atoms with van der Waals surface area (Å²) in [5, 5.41) is 13.3. The molecule has 0 bridgehead atoms. The second-order valence-electron chi connectivity index (χ2n) is 4.96. The van der Waals surface area contributed by atoms with Crippen LogP contribution in [0.4, 0.5) is 0 Å². The summed E-state index contributed by atoms with van der Waals surface area (Å²) in [5.41, 5.74) is 1.21. The highest BCUT2D eigenvalue weighted by atomic mass is 79.9. The zero-order valence-electron chi connectivity index (χ0n) is 12.4. The van der Waals surface area contributed by atoms with Crippen LogP contribution in [-0.4, -0.2) is 24.4 Å². The van der Waals surface area contributed by atoms with E-state index in [-0.39, 0.29) is 25.1 Å². The van der Waals surface area contributed by atoms with Crippen LogP contribution >= 0.6 is 15.9 Å². The largest absolute Gasteiger partial charge is 1.00 e. The summed E-state index contributed by atoms with van der Waals surface area (Å²) in [6.45, 7) is 2.85. The van der Waals surface area contributed by atoms with Gasteiger partial charge in [-0.3, -0.25) is 0 Å². The van der Waals surface area contributed by atoms with Gasteiger partial charge in [0, 0.05) is 17.1 Å². The van der Waals surface area contributed by atoms with Crippen molar-refractivity contribution in [2.24, 2.45) is 0 Å². The van der Waals surface area contributed by atoms with Crippen molar-refractivity contribution in [1.29, 1.82) is 0 Å². The van der Waals surface area contributed by atoms with E-state index in [0.717, 1.165) is 10.2 Å². The van der Waals surface area contributed by atoms with E-state index >= 15 is 0 Å². The molecule has 22 heavy (non-hydrogen) atoms. The van der Waals surface area contributed by atoms with Crippen LogP contribution < -0.4 is 22.5 Å². The summed E-state index contributed by atoms with van der Waals surface area (Å²) >= 11 is 3.37. The van der Waals surface area contributed by atoms with Gasteiger partial charge in [-0.25, -0.2) is 0 Å². The van der Waals surface area contributed by atoms with E-state index in [1.54, 1.807) is 0 Å². The molecular formula is C17H20BrClNO2-. The lowest BCUT2D eigenvalue weighted by Crippen LogP contribution is -3.00. The minimum atomic E-state index is -0.542. The lowest BCUT2D eigenvalue weighted by atomic mass is 10.1. The van der Waals surface area contributed by atoms with Crippen LogP contribution in [0.2, 0.25) is 0 Å². The molecule has 0 fully saturated rings. The standard InChI is InChI=1S/C17H20BrNO2.ClH/c1-13(14-5-3-2-4-6-14)19-11-16(20)12-21-17-9-7-15(18)8-10-17;/h2-10,13,16,19-20H,11-12H2,1H3;1H/p-1. The molecule has 0 aromatic heterocycles. The molecule has 0 aliphatic heterocycles. The minimum absolute atomic E-state index is 0. The third kappa shape index (κ3) is 6.36. The summed E-state index contributed by atoms with van der Waals surface area (Å²) in [6.07, 6.45) is -0.542. The molecule has 120 valence electrons. The fourth-order valence-corrected chi connectivity index (χ4v) is 2.22. The number of aliphatic hydroxyl groups excluding tert-OH is 1. The minimum Gasteiger partial charge on any atom is -1.00 e. The van der Waals surface area contributed by atoms with E-state index in [1.165, 1.54) is 5.56 Å². The van der Waals surface area contributed by atoms with E-state index in [2.05, 4.69) is 40.3 Å². The van der Waals surface area contributed by atoms with Crippen molar-refractivity contribution in [2.45, 2.75) is 19.1 Å². The molecule has 0 amide bonds. The number of halogens is 2. The third-order valence-electron chi connectivity index (χ3n) is 3.22. The highest BCUT2D eigenvalue weighted by Gasteiger charge is 2.09. The van der Waals surface area contributed by atoms with Crippen LogP contribution in [0.1, 0.15) is 18.5 Å². The predicted octanol–water partition coefficient (Wildman–Crippen LogP) is 0.544. The number of hydrogen-bond donors (Lipinski definition) is 2. The first-order chi connectivity index (χ1) is 10.1. The zero-order valence-corrected chi connectivity index (χ0v) is 14.7. The topological polar surface area (TPSA) is 41.5 Å². The second kappa shape index (κ2) is 9.85. The van der Waals surface area contributed by atoms with Gasteiger partial charge in [0.05, 0.1) is 0 Å². The van der Waals surface area contributed by atoms with Gasteiger partial charge in [0.15, 0.2) is 0 Å². The number of ether oxygens (including phenoxy) is 1. The fourth-order valence-electron chi connectivity index (χ4n) is 1.95. The summed E-state index contributed by atoms with van der Waals surface area (Å²) < 4.78 is 6.56. The maximum atomic E-state index is 9.96. The zero-order chi connectivity index (χ0) is 15.1. The van der Waals surface area contributed by atoms with E-state index in [1.807, 2.05) is 42.5 Å². The van der Waals surface area contributed by atoms with E-state index < -0.39 is 6.10 Å². The van der Waals surface area contributed by atoms with Crippen LogP contribution in [-0.2, 0) is 0 Å². The van der Waals surface area contributed by atoms with Gasteiger partial charge in [-0.1, -0.05) is 46.3 Å². The van der Waals surface area contributed by atoms with Crippen LogP contribution in [0.3, 0.4) is 0 Å². The van der Waals surface area contributed by atoms with Crippen molar-refractivity contribution in [3.63, 3.8) is 0 Å². The average Bonchev–Trinajstić information content (AvgIpc) is 2.53. The van der Waals surface area contributed by atoms with Gasteiger partial charge >= 0.3 is 0 Å². The summed E-state index contributed by atoms with van der Waals surface area (Å²) in [4.78, 5) is 0. The van der Waals surface area contributed by atoms with Crippen molar-refractivity contribution in [3.05, 3.63) is 64.6 Å². The van der Waals surface area contributed by atoms with E-state index in [0.29, 0.717) is 6.54 Å². The first-order valence-electron chi connectivity index (χ1n) is 7.00. The van der Waals surface area contributed by atoms with Crippen LogP contribution in [0, 0.1) is 0 Å². The molecule has 2 aromatic rings. The lowest BCUT2D eigenvalue weighted by Gasteiger charge is -2.18. The molecule has 0 saturated carbocycles. The SMILES string of the molecule is CC(NCC(O)COc1ccc(Br)cc1)c1ccccc1.[Cl-]. The van der Waals surface area contributed by atoms with Gasteiger partial charge < -0.3 is 27.6 Å². The lowest BCUT2D eigenvalue weighted by molar-refractivity contribution is -0.00000598. The molecule has 3 nitrogen and oxygen atoms in total.